The van der Waals surface area contributed by atoms with Gasteiger partial charge in [-0.05, 0) is 49.0 Å². The summed E-state index contributed by atoms with van der Waals surface area (Å²) in [7, 11) is 0. The Labute approximate surface area is 109 Å². The van der Waals surface area contributed by atoms with E-state index in [0.717, 1.165) is 17.9 Å². The summed E-state index contributed by atoms with van der Waals surface area (Å²) in [5.41, 5.74) is 0. The van der Waals surface area contributed by atoms with Gasteiger partial charge in [0, 0.05) is 17.0 Å². The van der Waals surface area contributed by atoms with Crippen LogP contribution in [0.3, 0.4) is 0 Å². The number of hydrogen-bond donors (Lipinski definition) is 1. The number of rotatable bonds is 4. The minimum atomic E-state index is 0.648. The molecular weight excluding hydrogens is 226 g/mol. The molecule has 0 amide bonds. The van der Waals surface area contributed by atoms with E-state index in [1.807, 2.05) is 11.3 Å². The zero-order valence-corrected chi connectivity index (χ0v) is 11.5. The molecule has 1 nitrogen and oxygen atoms in total. The summed E-state index contributed by atoms with van der Waals surface area (Å²) in [6.07, 6.45) is 8.50. The minimum Gasteiger partial charge on any atom is -0.306 e. The Kier molecular flexibility index (Phi) is 3.53. The summed E-state index contributed by atoms with van der Waals surface area (Å²) in [4.78, 5) is 1.57. The predicted molar refractivity (Wildman–Crippen MR) is 74.3 cm³/mol. The highest BCUT2D eigenvalue weighted by molar-refractivity contribution is 7.10. The molecule has 94 valence electrons. The number of thiophene rings is 1. The van der Waals surface area contributed by atoms with Gasteiger partial charge in [-0.15, -0.1) is 11.3 Å². The second-order valence-electron chi connectivity index (χ2n) is 5.98. The molecule has 1 atom stereocenters. The van der Waals surface area contributed by atoms with Gasteiger partial charge in [-0.3, -0.25) is 0 Å². The standard InChI is InChI=1S/C15H23NS/c1-11-9-13(10-11)16-15(12-5-2-3-6-12)14-7-4-8-17-14/h4,7-8,11-13,15-16H,2-3,5-6,9-10H2,1H3. The van der Waals surface area contributed by atoms with Crippen molar-refractivity contribution in [2.24, 2.45) is 11.8 Å². The third-order valence-corrected chi connectivity index (χ3v) is 5.47. The van der Waals surface area contributed by atoms with Gasteiger partial charge in [0.15, 0.2) is 0 Å². The van der Waals surface area contributed by atoms with Crippen molar-refractivity contribution in [3.8, 4) is 0 Å². The Hall–Kier alpha value is -0.340. The average molecular weight is 249 g/mol. The highest BCUT2D eigenvalue weighted by Crippen LogP contribution is 2.39. The van der Waals surface area contributed by atoms with Crippen LogP contribution in [0.2, 0.25) is 0 Å². The van der Waals surface area contributed by atoms with Crippen molar-refractivity contribution in [2.45, 2.75) is 57.5 Å². The van der Waals surface area contributed by atoms with E-state index in [0.29, 0.717) is 6.04 Å². The largest absolute Gasteiger partial charge is 0.306 e. The van der Waals surface area contributed by atoms with Gasteiger partial charge in [-0.25, -0.2) is 0 Å². The summed E-state index contributed by atoms with van der Waals surface area (Å²) in [5.74, 6) is 1.84. The van der Waals surface area contributed by atoms with Crippen LogP contribution < -0.4 is 5.32 Å². The van der Waals surface area contributed by atoms with Crippen molar-refractivity contribution in [2.75, 3.05) is 0 Å². The molecular formula is C15H23NS. The van der Waals surface area contributed by atoms with E-state index in [-0.39, 0.29) is 0 Å². The van der Waals surface area contributed by atoms with E-state index in [2.05, 4.69) is 29.8 Å². The zero-order valence-electron chi connectivity index (χ0n) is 10.7. The fourth-order valence-electron chi connectivity index (χ4n) is 3.50. The Morgan fingerprint density at radius 3 is 2.65 bits per heavy atom. The quantitative estimate of drug-likeness (QED) is 0.835. The van der Waals surface area contributed by atoms with E-state index >= 15 is 0 Å². The zero-order chi connectivity index (χ0) is 11.7. The van der Waals surface area contributed by atoms with E-state index in [9.17, 15) is 0 Å². The first-order valence-electron chi connectivity index (χ1n) is 7.12. The van der Waals surface area contributed by atoms with Gasteiger partial charge >= 0.3 is 0 Å². The molecule has 2 aliphatic rings. The van der Waals surface area contributed by atoms with Gasteiger partial charge in [0.2, 0.25) is 0 Å². The van der Waals surface area contributed by atoms with Crippen molar-refractivity contribution >= 4 is 11.3 Å². The molecule has 1 unspecified atom stereocenters. The highest BCUT2D eigenvalue weighted by atomic mass is 32.1. The average Bonchev–Trinajstić information content (AvgIpc) is 2.95. The highest BCUT2D eigenvalue weighted by Gasteiger charge is 2.32. The molecule has 0 spiro atoms. The first-order chi connectivity index (χ1) is 8.33. The molecule has 0 bridgehead atoms. The van der Waals surface area contributed by atoms with E-state index in [1.165, 1.54) is 38.5 Å². The molecule has 2 aliphatic carbocycles. The van der Waals surface area contributed by atoms with E-state index in [1.54, 1.807) is 4.88 Å². The monoisotopic (exact) mass is 249 g/mol. The molecule has 1 N–H and O–H groups in total. The smallest absolute Gasteiger partial charge is 0.0445 e. The molecule has 1 aromatic rings. The van der Waals surface area contributed by atoms with E-state index in [4.69, 9.17) is 0 Å². The second kappa shape index (κ2) is 5.11. The van der Waals surface area contributed by atoms with Gasteiger partial charge in [0.05, 0.1) is 0 Å². The van der Waals surface area contributed by atoms with Crippen molar-refractivity contribution < 1.29 is 0 Å². The molecule has 0 aliphatic heterocycles. The fraction of sp³-hybridized carbons (Fsp3) is 0.733. The third kappa shape index (κ3) is 2.58. The van der Waals surface area contributed by atoms with Gasteiger partial charge in [0.25, 0.3) is 0 Å². The molecule has 1 heterocycles. The maximum Gasteiger partial charge on any atom is 0.0445 e. The van der Waals surface area contributed by atoms with Crippen molar-refractivity contribution in [3.05, 3.63) is 22.4 Å². The minimum absolute atomic E-state index is 0.648. The lowest BCUT2D eigenvalue weighted by Gasteiger charge is -2.38. The Morgan fingerprint density at radius 1 is 1.29 bits per heavy atom. The third-order valence-electron chi connectivity index (χ3n) is 4.51. The lowest BCUT2D eigenvalue weighted by atomic mass is 9.80. The topological polar surface area (TPSA) is 12.0 Å². The van der Waals surface area contributed by atoms with Gasteiger partial charge in [-0.1, -0.05) is 25.8 Å². The molecule has 0 aromatic carbocycles. The molecule has 2 fully saturated rings. The number of hydrogen-bond acceptors (Lipinski definition) is 2. The van der Waals surface area contributed by atoms with Crippen LogP contribution in [-0.4, -0.2) is 6.04 Å². The molecule has 0 radical (unpaired) electrons. The van der Waals surface area contributed by atoms with Crippen LogP contribution in [0.15, 0.2) is 17.5 Å². The first kappa shape index (κ1) is 11.7. The van der Waals surface area contributed by atoms with Gasteiger partial charge in [0.1, 0.15) is 0 Å². The fourth-order valence-corrected chi connectivity index (χ4v) is 4.38. The van der Waals surface area contributed by atoms with Crippen LogP contribution in [0.5, 0.6) is 0 Å². The molecule has 17 heavy (non-hydrogen) atoms. The van der Waals surface area contributed by atoms with Crippen LogP contribution in [0, 0.1) is 11.8 Å². The summed E-state index contributed by atoms with van der Waals surface area (Å²) in [5, 5.41) is 6.16. The maximum atomic E-state index is 3.94. The van der Waals surface area contributed by atoms with Gasteiger partial charge in [-0.2, -0.15) is 0 Å². The van der Waals surface area contributed by atoms with Crippen LogP contribution in [0.25, 0.3) is 0 Å². The molecule has 2 heteroatoms. The Balaban J connectivity index is 1.67. The Morgan fingerprint density at radius 2 is 2.06 bits per heavy atom. The van der Waals surface area contributed by atoms with Crippen molar-refractivity contribution in [3.63, 3.8) is 0 Å². The Bertz CT molecular complexity index is 334. The molecule has 2 saturated carbocycles. The lowest BCUT2D eigenvalue weighted by Crippen LogP contribution is -2.43. The van der Waals surface area contributed by atoms with Gasteiger partial charge < -0.3 is 5.32 Å². The van der Waals surface area contributed by atoms with Crippen LogP contribution >= 0.6 is 11.3 Å². The number of nitrogens with one attached hydrogen (secondary N) is 1. The molecule has 3 rings (SSSR count). The summed E-state index contributed by atoms with van der Waals surface area (Å²) in [6.45, 7) is 2.37. The maximum absolute atomic E-state index is 3.94. The van der Waals surface area contributed by atoms with E-state index < -0.39 is 0 Å². The lowest BCUT2D eigenvalue weighted by molar-refractivity contribution is 0.200. The van der Waals surface area contributed by atoms with Crippen molar-refractivity contribution in [1.82, 2.24) is 5.32 Å². The van der Waals surface area contributed by atoms with Crippen molar-refractivity contribution in [1.29, 1.82) is 0 Å². The molecule has 1 aromatic heterocycles. The SMILES string of the molecule is CC1CC(NC(c2cccs2)C2CCCC2)C1. The van der Waals surface area contributed by atoms with Crippen LogP contribution in [0.4, 0.5) is 0 Å². The summed E-state index contributed by atoms with van der Waals surface area (Å²) >= 11 is 1.93. The van der Waals surface area contributed by atoms with Crippen LogP contribution in [-0.2, 0) is 0 Å². The van der Waals surface area contributed by atoms with Crippen LogP contribution in [0.1, 0.15) is 56.4 Å². The summed E-state index contributed by atoms with van der Waals surface area (Å²) < 4.78 is 0. The predicted octanol–water partition coefficient (Wildman–Crippen LogP) is 4.37. The molecule has 0 saturated heterocycles. The first-order valence-corrected chi connectivity index (χ1v) is 8.00. The second-order valence-corrected chi connectivity index (χ2v) is 6.96. The normalized spacial score (nSPS) is 31.4. The summed E-state index contributed by atoms with van der Waals surface area (Å²) in [6, 6.07) is 5.96.